The third-order valence-corrected chi connectivity index (χ3v) is 1.24. The summed E-state index contributed by atoms with van der Waals surface area (Å²) in [4.78, 5) is 0. The van der Waals surface area contributed by atoms with Gasteiger partial charge in [0.2, 0.25) is 10.5 Å². The molecule has 0 amide bonds. The molecule has 0 rings (SSSR count). The minimum absolute atomic E-state index is 0.667. The smallest absolute Gasteiger partial charge is 0.246 e. The normalized spacial score (nSPS) is 10.9. The molecule has 0 aromatic heterocycles. The second kappa shape index (κ2) is 7.92. The Hall–Kier alpha value is -0.0831. The quantitative estimate of drug-likeness (QED) is 0.322. The average Bonchev–Trinajstić information content (AvgIpc) is 1.89. The Balaban J connectivity index is 2.86. The highest BCUT2D eigenvalue weighted by Crippen LogP contribution is 1.93. The van der Waals surface area contributed by atoms with Gasteiger partial charge in [-0.05, 0) is 6.42 Å². The van der Waals surface area contributed by atoms with Crippen molar-refractivity contribution < 1.29 is 4.43 Å². The number of hydrogen-bond donors (Lipinski definition) is 0. The van der Waals surface area contributed by atoms with Gasteiger partial charge in [-0.1, -0.05) is 31.9 Å². The van der Waals surface area contributed by atoms with Crippen molar-refractivity contribution in [2.24, 2.45) is 0 Å². The second-order valence-electron chi connectivity index (χ2n) is 1.92. The van der Waals surface area contributed by atoms with Crippen LogP contribution in [0.2, 0.25) is 0 Å². The van der Waals surface area contributed by atoms with Crippen molar-refractivity contribution in [2.75, 3.05) is 6.61 Å². The van der Waals surface area contributed by atoms with Crippen LogP contribution in [-0.4, -0.2) is 17.1 Å². The first-order chi connectivity index (χ1) is 4.41. The predicted octanol–water partition coefficient (Wildman–Crippen LogP) is 1.83. The maximum atomic E-state index is 4.64. The van der Waals surface area contributed by atoms with Gasteiger partial charge in [0.25, 0.3) is 0 Å². The van der Waals surface area contributed by atoms with Crippen LogP contribution < -0.4 is 0 Å². The summed E-state index contributed by atoms with van der Waals surface area (Å²) in [6.45, 7) is 2.86. The van der Waals surface area contributed by atoms with E-state index in [1.807, 2.05) is 6.08 Å². The molecule has 1 nitrogen and oxygen atoms in total. The summed E-state index contributed by atoms with van der Waals surface area (Å²) >= 11 is 0. The van der Waals surface area contributed by atoms with Crippen LogP contribution >= 0.6 is 0 Å². The van der Waals surface area contributed by atoms with Crippen LogP contribution in [0, 0.1) is 0 Å². The highest BCUT2D eigenvalue weighted by atomic mass is 28.2. The molecule has 9 heavy (non-hydrogen) atoms. The van der Waals surface area contributed by atoms with Crippen LogP contribution in [0.1, 0.15) is 26.2 Å². The van der Waals surface area contributed by atoms with Crippen LogP contribution in [0.15, 0.2) is 12.2 Å². The highest BCUT2D eigenvalue weighted by Gasteiger charge is 1.76. The molecule has 0 aliphatic heterocycles. The van der Waals surface area contributed by atoms with E-state index in [1.165, 1.54) is 19.3 Å². The number of allylic oxidation sites excluding steroid dienone is 1. The topological polar surface area (TPSA) is 9.23 Å². The fourth-order valence-corrected chi connectivity index (χ4v) is 0.652. The average molecular weight is 141 g/mol. The summed E-state index contributed by atoms with van der Waals surface area (Å²) in [6.07, 6.45) is 7.87. The highest BCUT2D eigenvalue weighted by molar-refractivity contribution is 5.98. The number of rotatable bonds is 5. The van der Waals surface area contributed by atoms with E-state index in [1.54, 1.807) is 0 Å². The molecule has 0 fully saturated rings. The molecule has 3 radical (unpaired) electrons. The van der Waals surface area contributed by atoms with Crippen molar-refractivity contribution >= 4 is 10.5 Å². The van der Waals surface area contributed by atoms with Crippen molar-refractivity contribution in [2.45, 2.75) is 26.2 Å². The fraction of sp³-hybridized carbons (Fsp3) is 0.714. The zero-order valence-electron chi connectivity index (χ0n) is 5.89. The first-order valence-corrected chi connectivity index (χ1v) is 3.76. The molecule has 0 aromatic carbocycles. The molecule has 51 valence electrons. The molecular weight excluding hydrogens is 128 g/mol. The van der Waals surface area contributed by atoms with Gasteiger partial charge in [-0.3, -0.25) is 0 Å². The Morgan fingerprint density at radius 2 is 2.22 bits per heavy atom. The summed E-state index contributed by atoms with van der Waals surface area (Å²) in [6, 6.07) is 0. The molecule has 0 aromatic rings. The van der Waals surface area contributed by atoms with E-state index < -0.39 is 0 Å². The van der Waals surface area contributed by atoms with Gasteiger partial charge in [0, 0.05) is 0 Å². The Bertz CT molecular complexity index is 71.3. The number of unbranched alkanes of at least 4 members (excludes halogenated alkanes) is 2. The van der Waals surface area contributed by atoms with Crippen LogP contribution in [0.3, 0.4) is 0 Å². The van der Waals surface area contributed by atoms with Crippen molar-refractivity contribution in [3.8, 4) is 0 Å². The van der Waals surface area contributed by atoms with Crippen molar-refractivity contribution in [1.29, 1.82) is 0 Å². The van der Waals surface area contributed by atoms with E-state index in [0.717, 1.165) is 0 Å². The van der Waals surface area contributed by atoms with Gasteiger partial charge in [-0.2, -0.15) is 0 Å². The molecule has 0 saturated heterocycles. The van der Waals surface area contributed by atoms with Crippen molar-refractivity contribution in [3.63, 3.8) is 0 Å². The summed E-state index contributed by atoms with van der Waals surface area (Å²) in [5.74, 6) is 0. The lowest BCUT2D eigenvalue weighted by molar-refractivity contribution is 0.401. The van der Waals surface area contributed by atoms with Gasteiger partial charge >= 0.3 is 0 Å². The Morgan fingerprint density at radius 3 is 2.78 bits per heavy atom. The van der Waals surface area contributed by atoms with Crippen LogP contribution in [0.5, 0.6) is 0 Å². The molecule has 0 heterocycles. The Kier molecular flexibility index (Phi) is 7.84. The van der Waals surface area contributed by atoms with Gasteiger partial charge in [0.1, 0.15) is 0 Å². The fourth-order valence-electron chi connectivity index (χ4n) is 0.556. The lowest BCUT2D eigenvalue weighted by atomic mass is 10.2. The SMILES string of the molecule is CCCCC=CCO[Si]. The van der Waals surface area contributed by atoms with Crippen LogP contribution in [0.25, 0.3) is 0 Å². The van der Waals surface area contributed by atoms with Crippen LogP contribution in [0.4, 0.5) is 0 Å². The number of hydrogen-bond acceptors (Lipinski definition) is 1. The summed E-state index contributed by atoms with van der Waals surface area (Å²) < 4.78 is 4.64. The lowest BCUT2D eigenvalue weighted by Crippen LogP contribution is -1.81. The van der Waals surface area contributed by atoms with E-state index in [9.17, 15) is 0 Å². The maximum Gasteiger partial charge on any atom is 0.246 e. The summed E-state index contributed by atoms with van der Waals surface area (Å²) in [5, 5.41) is 0. The molecule has 2 heteroatoms. The molecule has 0 atom stereocenters. The zero-order chi connectivity index (χ0) is 6.95. The minimum Gasteiger partial charge on any atom is -0.415 e. The molecule has 0 bridgehead atoms. The van der Waals surface area contributed by atoms with E-state index >= 15 is 0 Å². The van der Waals surface area contributed by atoms with Crippen molar-refractivity contribution in [1.82, 2.24) is 0 Å². The minimum atomic E-state index is 0.667. The molecule has 0 N–H and O–H groups in total. The monoisotopic (exact) mass is 141 g/mol. The van der Waals surface area contributed by atoms with Gasteiger partial charge in [-0.25, -0.2) is 0 Å². The molecule has 0 unspecified atom stereocenters. The second-order valence-corrected chi connectivity index (χ2v) is 2.21. The standard InChI is InChI=1S/C7H13OSi/c1-2-3-4-5-6-7-8-9/h5-6H,2-4,7H2,1H3. The van der Waals surface area contributed by atoms with Gasteiger partial charge in [0.15, 0.2) is 0 Å². The third kappa shape index (κ3) is 7.92. The molecule has 0 saturated carbocycles. The first-order valence-electron chi connectivity index (χ1n) is 3.35. The molecule has 0 aliphatic rings. The van der Waals surface area contributed by atoms with E-state index in [4.69, 9.17) is 0 Å². The zero-order valence-corrected chi connectivity index (χ0v) is 6.89. The van der Waals surface area contributed by atoms with E-state index in [0.29, 0.717) is 6.61 Å². The van der Waals surface area contributed by atoms with E-state index in [-0.39, 0.29) is 0 Å². The molecule has 0 spiro atoms. The predicted molar refractivity (Wildman–Crippen MR) is 40.4 cm³/mol. The van der Waals surface area contributed by atoms with Crippen molar-refractivity contribution in [3.05, 3.63) is 12.2 Å². The van der Waals surface area contributed by atoms with Gasteiger partial charge < -0.3 is 4.43 Å². The molecular formula is C7H13OSi. The van der Waals surface area contributed by atoms with E-state index in [2.05, 4.69) is 27.9 Å². The maximum absolute atomic E-state index is 4.64. The Morgan fingerprint density at radius 1 is 1.44 bits per heavy atom. The molecule has 0 aliphatic carbocycles. The van der Waals surface area contributed by atoms with Crippen LogP contribution in [-0.2, 0) is 4.43 Å². The Labute approximate surface area is 60.6 Å². The van der Waals surface area contributed by atoms with Gasteiger partial charge in [0.05, 0.1) is 6.61 Å². The summed E-state index contributed by atoms with van der Waals surface area (Å²) in [5.41, 5.74) is 0. The summed E-state index contributed by atoms with van der Waals surface area (Å²) in [7, 11) is 2.91. The third-order valence-electron chi connectivity index (χ3n) is 1.07. The largest absolute Gasteiger partial charge is 0.415 e. The first kappa shape index (κ1) is 8.92. The van der Waals surface area contributed by atoms with Gasteiger partial charge in [-0.15, -0.1) is 0 Å². The lowest BCUT2D eigenvalue weighted by Gasteiger charge is -1.88.